The second-order valence-electron chi connectivity index (χ2n) is 10.2. The van der Waals surface area contributed by atoms with E-state index in [2.05, 4.69) is 44.7 Å². The lowest BCUT2D eigenvalue weighted by Crippen LogP contribution is -2.45. The number of rotatable bonds is 9. The molecule has 0 aliphatic heterocycles. The van der Waals surface area contributed by atoms with Crippen LogP contribution < -0.4 is 0 Å². The van der Waals surface area contributed by atoms with E-state index in [4.69, 9.17) is 6.21 Å². The maximum absolute atomic E-state index is 15.4. The van der Waals surface area contributed by atoms with Crippen molar-refractivity contribution in [2.75, 3.05) is 6.61 Å². The number of allylic oxidation sites excluding steroid dienone is 2. The summed E-state index contributed by atoms with van der Waals surface area (Å²) in [5, 5.41) is 14.4. The highest BCUT2D eigenvalue weighted by Gasteiger charge is 2.21. The highest BCUT2D eigenvalue weighted by molar-refractivity contribution is 6.13. The molecule has 1 N–H and O–H groups in total. The molecular formula is C30H43FN2O2. The van der Waals surface area contributed by atoms with Crippen LogP contribution in [0.2, 0.25) is 0 Å². The molecule has 0 aliphatic carbocycles. The normalized spacial score (nSPS) is 14.5. The molecule has 192 valence electrons. The average Bonchev–Trinajstić information content (AvgIpc) is 2.74. The lowest BCUT2D eigenvalue weighted by molar-refractivity contribution is 0.0386. The topological polar surface area (TPSA) is 45.1 Å². The largest absolute Gasteiger partial charge is 0.508 e. The van der Waals surface area contributed by atoms with Crippen molar-refractivity contribution in [2.45, 2.75) is 94.3 Å². The van der Waals surface area contributed by atoms with Crippen molar-refractivity contribution in [1.29, 1.82) is 0 Å². The molecule has 1 atom stereocenters. The van der Waals surface area contributed by atoms with Crippen molar-refractivity contribution in [3.8, 4) is 5.75 Å². The van der Waals surface area contributed by atoms with Gasteiger partial charge >= 0.3 is 0 Å². The van der Waals surface area contributed by atoms with Crippen molar-refractivity contribution in [1.82, 2.24) is 4.90 Å². The molecular weight excluding hydrogens is 439 g/mol. The maximum Gasteiger partial charge on any atom is 0.133 e. The van der Waals surface area contributed by atoms with E-state index >= 15 is 4.39 Å². The van der Waals surface area contributed by atoms with Crippen LogP contribution >= 0.6 is 0 Å². The first-order chi connectivity index (χ1) is 16.7. The van der Waals surface area contributed by atoms with Gasteiger partial charge in [0.2, 0.25) is 0 Å². The van der Waals surface area contributed by atoms with Gasteiger partial charge in [-0.3, -0.25) is 4.90 Å². The van der Waals surface area contributed by atoms with Gasteiger partial charge in [-0.05, 0) is 139 Å². The van der Waals surface area contributed by atoms with Gasteiger partial charge in [-0.15, -0.1) is 0 Å². The van der Waals surface area contributed by atoms with E-state index in [-0.39, 0.29) is 29.1 Å². The van der Waals surface area contributed by atoms with Crippen LogP contribution in [0.4, 0.5) is 4.39 Å². The van der Waals surface area contributed by atoms with Crippen molar-refractivity contribution >= 4 is 11.3 Å². The number of hydrogen-bond acceptors (Lipinski definition) is 4. The van der Waals surface area contributed by atoms with E-state index in [1.165, 1.54) is 6.07 Å². The number of phenols is 1. The Balaban J connectivity index is 2.67. The number of oxime groups is 1. The number of hydrogen-bond donors (Lipinski definition) is 1. The molecule has 5 heteroatoms. The zero-order chi connectivity index (χ0) is 27.5. The highest BCUT2D eigenvalue weighted by Crippen LogP contribution is 2.29. The number of nitrogens with zero attached hydrogens (tertiary/aromatic N) is 2. The summed E-state index contributed by atoms with van der Waals surface area (Å²) in [5.74, 6) is -0.246. The Labute approximate surface area is 212 Å². The van der Waals surface area contributed by atoms with Crippen LogP contribution in [-0.4, -0.2) is 40.5 Å². The number of aryl methyl sites for hydroxylation is 3. The standard InChI is InChI=1S/C30H43FN2O2/c1-17(2)33(18(3)4)23(9)16-35-32-28(30-25(11)24(10)19(5)14-27(30)31)15-22(8)29-20(6)12-26(34)13-21(29)7/h12-15,17-18,23,34H,16H2,1-11H3/b22-15+,32-28-/i15D. The Bertz CT molecular complexity index is 1140. The van der Waals surface area contributed by atoms with Crippen molar-refractivity contribution in [3.63, 3.8) is 0 Å². The van der Waals surface area contributed by atoms with Crippen LogP contribution in [0.5, 0.6) is 5.75 Å². The van der Waals surface area contributed by atoms with E-state index in [9.17, 15) is 5.11 Å². The fourth-order valence-corrected chi connectivity index (χ4v) is 5.14. The number of halogens is 1. The minimum atomic E-state index is -0.423. The first-order valence-electron chi connectivity index (χ1n) is 12.9. The van der Waals surface area contributed by atoms with Gasteiger partial charge in [0, 0.05) is 23.7 Å². The van der Waals surface area contributed by atoms with E-state index in [1.54, 1.807) is 12.1 Å². The van der Waals surface area contributed by atoms with Crippen molar-refractivity contribution in [2.24, 2.45) is 5.16 Å². The van der Waals surface area contributed by atoms with Crippen LogP contribution in [0.25, 0.3) is 5.57 Å². The highest BCUT2D eigenvalue weighted by atomic mass is 19.1. The van der Waals surface area contributed by atoms with Crippen molar-refractivity contribution < 1.29 is 15.7 Å². The Morgan fingerprint density at radius 1 is 0.971 bits per heavy atom. The van der Waals surface area contributed by atoms with E-state index < -0.39 is 5.82 Å². The summed E-state index contributed by atoms with van der Waals surface area (Å²) in [5.41, 5.74) is 6.17. The fraction of sp³-hybridized carbons (Fsp3) is 0.500. The summed E-state index contributed by atoms with van der Waals surface area (Å²) < 4.78 is 24.5. The van der Waals surface area contributed by atoms with Crippen LogP contribution in [0.15, 0.2) is 29.4 Å². The molecule has 0 saturated heterocycles. The minimum absolute atomic E-state index is 0.0848. The maximum atomic E-state index is 15.4. The quantitative estimate of drug-likeness (QED) is 0.298. The molecule has 2 aromatic rings. The summed E-state index contributed by atoms with van der Waals surface area (Å²) in [6, 6.07) is 5.68. The van der Waals surface area contributed by atoms with Gasteiger partial charge in [-0.1, -0.05) is 5.16 Å². The summed E-state index contributed by atoms with van der Waals surface area (Å²) in [7, 11) is 0. The van der Waals surface area contributed by atoms with Crippen LogP contribution in [0.3, 0.4) is 0 Å². The van der Waals surface area contributed by atoms with E-state index in [0.717, 1.165) is 33.4 Å². The van der Waals surface area contributed by atoms with Crippen LogP contribution in [0, 0.1) is 40.4 Å². The number of benzene rings is 2. The monoisotopic (exact) mass is 483 g/mol. The second-order valence-corrected chi connectivity index (χ2v) is 10.2. The molecule has 0 aromatic heterocycles. The number of aromatic hydroxyl groups is 1. The molecule has 4 nitrogen and oxygen atoms in total. The zero-order valence-corrected chi connectivity index (χ0v) is 23.3. The Morgan fingerprint density at radius 3 is 2.03 bits per heavy atom. The molecule has 0 heterocycles. The Kier molecular flexibility index (Phi) is 9.12. The molecule has 35 heavy (non-hydrogen) atoms. The molecule has 0 bridgehead atoms. The first kappa shape index (κ1) is 26.9. The molecule has 0 saturated carbocycles. The summed E-state index contributed by atoms with van der Waals surface area (Å²) in [4.78, 5) is 8.18. The second kappa shape index (κ2) is 11.9. The van der Waals surface area contributed by atoms with Gasteiger partial charge in [0.05, 0.1) is 1.37 Å². The molecule has 0 fully saturated rings. The predicted molar refractivity (Wildman–Crippen MR) is 146 cm³/mol. The molecule has 0 radical (unpaired) electrons. The van der Waals surface area contributed by atoms with Crippen LogP contribution in [0.1, 0.15) is 81.9 Å². The summed E-state index contributed by atoms with van der Waals surface area (Å²) >= 11 is 0. The van der Waals surface area contributed by atoms with Gasteiger partial charge < -0.3 is 9.94 Å². The lowest BCUT2D eigenvalue weighted by Gasteiger charge is -2.35. The van der Waals surface area contributed by atoms with Crippen molar-refractivity contribution in [3.05, 3.63) is 69.0 Å². The van der Waals surface area contributed by atoms with Crippen LogP contribution in [-0.2, 0) is 4.84 Å². The Hall–Kier alpha value is -2.66. The lowest BCUT2D eigenvalue weighted by atomic mass is 9.91. The zero-order valence-electron chi connectivity index (χ0n) is 24.3. The third kappa shape index (κ3) is 6.72. The molecule has 0 amide bonds. The summed E-state index contributed by atoms with van der Waals surface area (Å²) in [6.07, 6.45) is 0. The molecule has 0 aliphatic rings. The molecule has 2 rings (SSSR count). The fourth-order valence-electron chi connectivity index (χ4n) is 5.14. The van der Waals surface area contributed by atoms with E-state index in [0.29, 0.717) is 24.3 Å². The third-order valence-electron chi connectivity index (χ3n) is 6.72. The van der Waals surface area contributed by atoms with Gasteiger partial charge in [0.25, 0.3) is 0 Å². The molecule has 2 aromatic carbocycles. The Morgan fingerprint density at radius 2 is 1.51 bits per heavy atom. The summed E-state index contributed by atoms with van der Waals surface area (Å²) in [6.45, 7) is 22.3. The molecule has 0 spiro atoms. The third-order valence-corrected chi connectivity index (χ3v) is 6.72. The molecule has 1 unspecified atom stereocenters. The SMILES string of the molecule is [2H]C(/C(=N/OCC(C)N(C(C)C)C(C)C)c1c(F)cc(C)c(C)c1C)=C(/C)c1c(C)cc(O)cc1C. The average molecular weight is 484 g/mol. The predicted octanol–water partition coefficient (Wildman–Crippen LogP) is 7.40. The number of phenolic OH excluding ortho intramolecular Hbond substituents is 1. The minimum Gasteiger partial charge on any atom is -0.508 e. The van der Waals surface area contributed by atoms with Gasteiger partial charge in [0.1, 0.15) is 23.9 Å². The van der Waals surface area contributed by atoms with E-state index in [1.807, 2.05) is 41.5 Å². The van der Waals surface area contributed by atoms with Gasteiger partial charge in [0.15, 0.2) is 0 Å². The van der Waals surface area contributed by atoms with Gasteiger partial charge in [-0.2, -0.15) is 0 Å². The smallest absolute Gasteiger partial charge is 0.133 e. The van der Waals surface area contributed by atoms with Gasteiger partial charge in [-0.25, -0.2) is 4.39 Å². The first-order valence-corrected chi connectivity index (χ1v) is 12.4.